The van der Waals surface area contributed by atoms with E-state index in [-0.39, 0.29) is 17.9 Å². The summed E-state index contributed by atoms with van der Waals surface area (Å²) in [7, 11) is -3.88. The van der Waals surface area contributed by atoms with E-state index in [1.165, 1.54) is 18.3 Å². The Balaban J connectivity index is 1.41. The molecule has 0 saturated heterocycles. The van der Waals surface area contributed by atoms with Crippen LogP contribution in [0.1, 0.15) is 41.6 Å². The Hall–Kier alpha value is -3.89. The molecule has 0 aliphatic rings. The van der Waals surface area contributed by atoms with E-state index in [0.717, 1.165) is 11.1 Å². The number of hydrogen-bond acceptors (Lipinski definition) is 6. The van der Waals surface area contributed by atoms with Crippen molar-refractivity contribution in [1.29, 1.82) is 0 Å². The molecule has 0 unspecified atom stereocenters. The highest BCUT2D eigenvalue weighted by Crippen LogP contribution is 2.30. The number of amides is 1. The molecule has 4 aromatic carbocycles. The van der Waals surface area contributed by atoms with Gasteiger partial charge in [-0.1, -0.05) is 77.3 Å². The van der Waals surface area contributed by atoms with E-state index in [0.29, 0.717) is 39.3 Å². The number of halogens is 2. The third-order valence-electron chi connectivity index (χ3n) is 6.27. The lowest BCUT2D eigenvalue weighted by atomic mass is 10.0. The number of carbonyl (C=O) groups is 1. The quantitative estimate of drug-likeness (QED) is 0.123. The number of carbonyl (C=O) groups excluding carboxylic acids is 1. The van der Waals surface area contributed by atoms with Gasteiger partial charge in [-0.25, -0.2) is 18.6 Å². The molecular formula is C32H31Cl2N3O5S. The third kappa shape index (κ3) is 9.30. The number of hydrazone groups is 1. The number of ether oxygens (including phenoxy) is 2. The standard InChI is InChI=1S/C32H31Cl2N3O5S/c1-3-41-31-18-23(12-16-30(31)42-21-24-11-15-27(33)28(34)17-24)20-35-36-32(38)19-29(25-7-5-4-6-8-25)37-43(39,40)26-13-9-22(2)10-14-26/h4-18,20,29,37H,3,19,21H2,1-2H3,(H,36,38)/b35-20-/t29-/m1/s1. The van der Waals surface area contributed by atoms with Crippen molar-refractivity contribution in [2.24, 2.45) is 5.10 Å². The molecule has 0 fully saturated rings. The van der Waals surface area contributed by atoms with Gasteiger partial charge >= 0.3 is 0 Å². The molecule has 224 valence electrons. The molecule has 0 bridgehead atoms. The van der Waals surface area contributed by atoms with Gasteiger partial charge in [0.25, 0.3) is 0 Å². The van der Waals surface area contributed by atoms with E-state index < -0.39 is 22.0 Å². The third-order valence-corrected chi connectivity index (χ3v) is 8.50. The fraction of sp³-hybridized carbons (Fsp3) is 0.188. The highest BCUT2D eigenvalue weighted by molar-refractivity contribution is 7.89. The van der Waals surface area contributed by atoms with Gasteiger partial charge in [0.1, 0.15) is 6.61 Å². The van der Waals surface area contributed by atoms with Crippen LogP contribution in [-0.2, 0) is 21.4 Å². The molecule has 4 rings (SSSR count). The maximum Gasteiger partial charge on any atom is 0.242 e. The van der Waals surface area contributed by atoms with Crippen LogP contribution in [0.15, 0.2) is 101 Å². The molecule has 2 N–H and O–H groups in total. The summed E-state index contributed by atoms with van der Waals surface area (Å²) in [6.45, 7) is 4.41. The van der Waals surface area contributed by atoms with Crippen LogP contribution >= 0.6 is 23.2 Å². The number of nitrogens with one attached hydrogen (secondary N) is 2. The van der Waals surface area contributed by atoms with Crippen molar-refractivity contribution >= 4 is 45.3 Å². The lowest BCUT2D eigenvalue weighted by Gasteiger charge is -2.18. The van der Waals surface area contributed by atoms with Crippen LogP contribution in [0, 0.1) is 6.92 Å². The van der Waals surface area contributed by atoms with Crippen molar-refractivity contribution < 1.29 is 22.7 Å². The van der Waals surface area contributed by atoms with Crippen LogP contribution in [0.3, 0.4) is 0 Å². The predicted molar refractivity (Wildman–Crippen MR) is 169 cm³/mol. The van der Waals surface area contributed by atoms with E-state index in [1.807, 2.05) is 26.0 Å². The molecule has 0 aliphatic carbocycles. The Morgan fingerprint density at radius 1 is 0.907 bits per heavy atom. The van der Waals surface area contributed by atoms with Crippen molar-refractivity contribution in [3.63, 3.8) is 0 Å². The molecule has 0 aromatic heterocycles. The van der Waals surface area contributed by atoms with Crippen molar-refractivity contribution in [1.82, 2.24) is 10.1 Å². The second kappa shape index (κ2) is 15.0. The fourth-order valence-corrected chi connectivity index (χ4v) is 5.62. The van der Waals surface area contributed by atoms with E-state index in [9.17, 15) is 13.2 Å². The number of nitrogens with zero attached hydrogens (tertiary/aromatic N) is 1. The Labute approximate surface area is 261 Å². The summed E-state index contributed by atoms with van der Waals surface area (Å²) < 4.78 is 40.5. The topological polar surface area (TPSA) is 106 Å². The molecule has 0 aliphatic heterocycles. The zero-order chi connectivity index (χ0) is 30.8. The normalized spacial score (nSPS) is 12.2. The van der Waals surface area contributed by atoms with Crippen molar-refractivity contribution in [2.45, 2.75) is 37.8 Å². The highest BCUT2D eigenvalue weighted by atomic mass is 35.5. The van der Waals surface area contributed by atoms with E-state index in [1.54, 1.807) is 66.7 Å². The maximum absolute atomic E-state index is 13.1. The number of rotatable bonds is 13. The first-order chi connectivity index (χ1) is 20.6. The fourth-order valence-electron chi connectivity index (χ4n) is 4.08. The van der Waals surface area contributed by atoms with Gasteiger partial charge in [-0.2, -0.15) is 5.10 Å². The highest BCUT2D eigenvalue weighted by Gasteiger charge is 2.23. The zero-order valence-electron chi connectivity index (χ0n) is 23.6. The second-order valence-electron chi connectivity index (χ2n) is 9.57. The van der Waals surface area contributed by atoms with Crippen molar-refractivity contribution in [3.05, 3.63) is 123 Å². The van der Waals surface area contributed by atoms with Crippen molar-refractivity contribution in [2.75, 3.05) is 6.61 Å². The van der Waals surface area contributed by atoms with E-state index in [2.05, 4.69) is 15.2 Å². The monoisotopic (exact) mass is 639 g/mol. The number of aryl methyl sites for hydroxylation is 1. The van der Waals surface area contributed by atoms with Gasteiger partial charge in [-0.3, -0.25) is 4.79 Å². The summed E-state index contributed by atoms with van der Waals surface area (Å²) in [5, 5.41) is 4.98. The minimum absolute atomic E-state index is 0.118. The first kappa shape index (κ1) is 32.0. The number of benzene rings is 4. The van der Waals surface area contributed by atoms with Crippen LogP contribution < -0.4 is 19.6 Å². The summed E-state index contributed by atoms with van der Waals surface area (Å²) >= 11 is 12.1. The minimum atomic E-state index is -3.88. The predicted octanol–water partition coefficient (Wildman–Crippen LogP) is 6.84. The maximum atomic E-state index is 13.1. The van der Waals surface area contributed by atoms with Crippen LogP contribution in [0.25, 0.3) is 0 Å². The minimum Gasteiger partial charge on any atom is -0.490 e. The van der Waals surface area contributed by atoms with Gasteiger partial charge in [0, 0.05) is 6.42 Å². The molecule has 11 heteroatoms. The van der Waals surface area contributed by atoms with Crippen LogP contribution in [0.4, 0.5) is 0 Å². The average Bonchev–Trinajstić information content (AvgIpc) is 2.99. The second-order valence-corrected chi connectivity index (χ2v) is 12.1. The molecule has 43 heavy (non-hydrogen) atoms. The first-order valence-electron chi connectivity index (χ1n) is 13.4. The Morgan fingerprint density at radius 3 is 2.35 bits per heavy atom. The summed E-state index contributed by atoms with van der Waals surface area (Å²) in [5.74, 6) is 0.566. The van der Waals surface area contributed by atoms with E-state index >= 15 is 0 Å². The molecule has 1 amide bonds. The van der Waals surface area contributed by atoms with Crippen molar-refractivity contribution in [3.8, 4) is 11.5 Å². The van der Waals surface area contributed by atoms with Gasteiger partial charge in [0.15, 0.2) is 11.5 Å². The van der Waals surface area contributed by atoms with Gasteiger partial charge in [0.2, 0.25) is 15.9 Å². The van der Waals surface area contributed by atoms with Crippen LogP contribution in [0.5, 0.6) is 11.5 Å². The zero-order valence-corrected chi connectivity index (χ0v) is 25.9. The van der Waals surface area contributed by atoms with Gasteiger partial charge < -0.3 is 9.47 Å². The Kier molecular flexibility index (Phi) is 11.2. The lowest BCUT2D eigenvalue weighted by molar-refractivity contribution is -0.121. The number of hydrogen-bond donors (Lipinski definition) is 2. The largest absolute Gasteiger partial charge is 0.490 e. The molecule has 0 saturated carbocycles. The number of sulfonamides is 1. The SMILES string of the molecule is CCOc1cc(/C=N\NC(=O)C[C@@H](NS(=O)(=O)c2ccc(C)cc2)c2ccccc2)ccc1OCc1ccc(Cl)c(Cl)c1. The van der Waals surface area contributed by atoms with E-state index in [4.69, 9.17) is 32.7 Å². The lowest BCUT2D eigenvalue weighted by Crippen LogP contribution is -2.32. The molecule has 0 radical (unpaired) electrons. The molecule has 0 spiro atoms. The van der Waals surface area contributed by atoms with Gasteiger partial charge in [-0.15, -0.1) is 0 Å². The van der Waals surface area contributed by atoms with Crippen LogP contribution in [0.2, 0.25) is 10.0 Å². The smallest absolute Gasteiger partial charge is 0.242 e. The Bertz CT molecular complexity index is 1680. The van der Waals surface area contributed by atoms with Gasteiger partial charge in [-0.05, 0) is 73.0 Å². The molecule has 0 heterocycles. The average molecular weight is 641 g/mol. The molecule has 1 atom stereocenters. The van der Waals surface area contributed by atoms with Crippen LogP contribution in [-0.4, -0.2) is 27.1 Å². The van der Waals surface area contributed by atoms with Gasteiger partial charge in [0.05, 0.1) is 33.8 Å². The molecule has 8 nitrogen and oxygen atoms in total. The Morgan fingerprint density at radius 2 is 1.65 bits per heavy atom. The summed E-state index contributed by atoms with van der Waals surface area (Å²) in [5.41, 5.74) is 5.58. The summed E-state index contributed by atoms with van der Waals surface area (Å²) in [4.78, 5) is 13.0. The first-order valence-corrected chi connectivity index (χ1v) is 15.7. The molecular weight excluding hydrogens is 609 g/mol. The summed E-state index contributed by atoms with van der Waals surface area (Å²) in [6.07, 6.45) is 1.30. The summed E-state index contributed by atoms with van der Waals surface area (Å²) in [6, 6.07) is 25.1. The molecule has 4 aromatic rings.